The monoisotopic (exact) mass is 389 g/mol. The molecular weight excluding hydrogens is 362 g/mol. The van der Waals surface area contributed by atoms with E-state index in [1.807, 2.05) is 39.0 Å². The molecule has 6 nitrogen and oxygen atoms in total. The van der Waals surface area contributed by atoms with E-state index in [1.54, 1.807) is 16.8 Å². The van der Waals surface area contributed by atoms with Gasteiger partial charge in [-0.1, -0.05) is 30.0 Å². The third kappa shape index (κ3) is 5.04. The standard InChI is InChI=1S/C23H27N5O/c1-23(2,3)11-10-18-14-26-22(27-12-6-9-20(25)16-27)28(21(18)29)15-19-8-5-4-7-17(19)13-24/h4-5,7-8,14,20H,6,9,12,15-16,25H2,1-3H3/t20-/m1/s1. The number of nitriles is 1. The molecule has 1 atom stereocenters. The lowest BCUT2D eigenvalue weighted by molar-refractivity contribution is 0.490. The lowest BCUT2D eigenvalue weighted by Gasteiger charge is -2.33. The molecule has 1 aromatic heterocycles. The summed E-state index contributed by atoms with van der Waals surface area (Å²) in [5.41, 5.74) is 7.43. The summed E-state index contributed by atoms with van der Waals surface area (Å²) in [5.74, 6) is 6.68. The molecule has 150 valence electrons. The van der Waals surface area contributed by atoms with Crippen LogP contribution >= 0.6 is 0 Å². The highest BCUT2D eigenvalue weighted by molar-refractivity contribution is 5.42. The zero-order valence-electron chi connectivity index (χ0n) is 17.3. The predicted molar refractivity (Wildman–Crippen MR) is 115 cm³/mol. The second-order valence-corrected chi connectivity index (χ2v) is 8.48. The van der Waals surface area contributed by atoms with Crippen molar-refractivity contribution < 1.29 is 0 Å². The molecule has 6 heteroatoms. The van der Waals surface area contributed by atoms with Gasteiger partial charge in [0.05, 0.1) is 24.4 Å². The third-order valence-corrected chi connectivity index (χ3v) is 4.81. The number of aromatic nitrogens is 2. The topological polar surface area (TPSA) is 87.9 Å². The summed E-state index contributed by atoms with van der Waals surface area (Å²) in [5, 5.41) is 9.44. The van der Waals surface area contributed by atoms with E-state index in [9.17, 15) is 10.1 Å². The van der Waals surface area contributed by atoms with Crippen molar-refractivity contribution >= 4 is 5.95 Å². The van der Waals surface area contributed by atoms with Crippen molar-refractivity contribution in [2.24, 2.45) is 11.1 Å². The predicted octanol–water partition coefficient (Wildman–Crippen LogP) is 2.49. The van der Waals surface area contributed by atoms with Gasteiger partial charge in [0.15, 0.2) is 0 Å². The van der Waals surface area contributed by atoms with Gasteiger partial charge in [-0.3, -0.25) is 9.36 Å². The van der Waals surface area contributed by atoms with Gasteiger partial charge in [0.2, 0.25) is 5.95 Å². The largest absolute Gasteiger partial charge is 0.341 e. The molecule has 0 bridgehead atoms. The second kappa shape index (κ2) is 8.51. The minimum absolute atomic E-state index is 0.0563. The molecular formula is C23H27N5O. The fourth-order valence-electron chi connectivity index (χ4n) is 3.35. The molecule has 3 rings (SSSR count). The Hall–Kier alpha value is -3.09. The number of hydrogen-bond acceptors (Lipinski definition) is 5. The maximum Gasteiger partial charge on any atom is 0.270 e. The van der Waals surface area contributed by atoms with Crippen molar-refractivity contribution in [2.75, 3.05) is 18.0 Å². The SMILES string of the molecule is CC(C)(C)C#Cc1cnc(N2CCC[C@@H](N)C2)n(Cc2ccccc2C#N)c1=O. The first kappa shape index (κ1) is 20.6. The van der Waals surface area contributed by atoms with E-state index in [0.717, 1.165) is 24.9 Å². The van der Waals surface area contributed by atoms with Crippen molar-refractivity contribution in [3.8, 4) is 17.9 Å². The molecule has 0 unspecified atom stereocenters. The molecule has 29 heavy (non-hydrogen) atoms. The maximum absolute atomic E-state index is 13.3. The van der Waals surface area contributed by atoms with Gasteiger partial charge in [-0.15, -0.1) is 0 Å². The lowest BCUT2D eigenvalue weighted by Crippen LogP contribution is -2.45. The first-order chi connectivity index (χ1) is 13.8. The van der Waals surface area contributed by atoms with E-state index < -0.39 is 0 Å². The van der Waals surface area contributed by atoms with Crippen LogP contribution in [-0.2, 0) is 6.54 Å². The van der Waals surface area contributed by atoms with Crippen LogP contribution in [0.3, 0.4) is 0 Å². The lowest BCUT2D eigenvalue weighted by atomic mass is 9.98. The molecule has 1 fully saturated rings. The summed E-state index contributed by atoms with van der Waals surface area (Å²) < 4.78 is 1.63. The highest BCUT2D eigenvalue weighted by Crippen LogP contribution is 2.19. The molecule has 0 saturated carbocycles. The molecule has 1 aliphatic rings. The smallest absolute Gasteiger partial charge is 0.270 e. The van der Waals surface area contributed by atoms with Crippen LogP contribution in [0.4, 0.5) is 5.95 Å². The Kier molecular flexibility index (Phi) is 6.06. The zero-order valence-corrected chi connectivity index (χ0v) is 17.3. The Morgan fingerprint density at radius 1 is 1.28 bits per heavy atom. The van der Waals surface area contributed by atoms with Crippen LogP contribution in [-0.4, -0.2) is 28.7 Å². The van der Waals surface area contributed by atoms with Crippen LogP contribution in [0.5, 0.6) is 0 Å². The van der Waals surface area contributed by atoms with Gasteiger partial charge in [0.25, 0.3) is 5.56 Å². The number of piperidine rings is 1. The summed E-state index contributed by atoms with van der Waals surface area (Å²) in [4.78, 5) is 20.0. The molecule has 1 saturated heterocycles. The number of nitrogens with two attached hydrogens (primary N) is 1. The number of benzene rings is 1. The number of anilines is 1. The summed E-state index contributed by atoms with van der Waals surface area (Å²) in [6.45, 7) is 7.71. The average molecular weight is 390 g/mol. The maximum atomic E-state index is 13.3. The van der Waals surface area contributed by atoms with E-state index in [4.69, 9.17) is 5.73 Å². The number of rotatable bonds is 3. The molecule has 1 aliphatic heterocycles. The minimum atomic E-state index is -0.219. The highest BCUT2D eigenvalue weighted by atomic mass is 16.1. The normalized spacial score (nSPS) is 16.7. The van der Waals surface area contributed by atoms with Crippen LogP contribution in [0.2, 0.25) is 0 Å². The average Bonchev–Trinajstić information content (AvgIpc) is 2.68. The summed E-state index contributed by atoms with van der Waals surface area (Å²) in [6, 6.07) is 9.57. The molecule has 1 aromatic carbocycles. The Bertz CT molecular complexity index is 1050. The van der Waals surface area contributed by atoms with Crippen LogP contribution in [0.1, 0.15) is 50.3 Å². The molecule has 0 amide bonds. The van der Waals surface area contributed by atoms with Crippen molar-refractivity contribution in [3.05, 3.63) is 57.5 Å². The van der Waals surface area contributed by atoms with Gasteiger partial charge in [0.1, 0.15) is 5.56 Å². The Morgan fingerprint density at radius 2 is 2.03 bits per heavy atom. The fourth-order valence-corrected chi connectivity index (χ4v) is 3.35. The fraction of sp³-hybridized carbons (Fsp3) is 0.435. The van der Waals surface area contributed by atoms with Gasteiger partial charge >= 0.3 is 0 Å². The summed E-state index contributed by atoms with van der Waals surface area (Å²) in [7, 11) is 0. The summed E-state index contributed by atoms with van der Waals surface area (Å²) >= 11 is 0. The molecule has 0 radical (unpaired) electrons. The van der Waals surface area contributed by atoms with Gasteiger partial charge in [0, 0.05) is 24.5 Å². The Balaban J connectivity index is 2.11. The number of nitrogens with zero attached hydrogens (tertiary/aromatic N) is 4. The van der Waals surface area contributed by atoms with E-state index >= 15 is 0 Å². The van der Waals surface area contributed by atoms with Gasteiger partial charge < -0.3 is 10.6 Å². The molecule has 2 heterocycles. The quantitative estimate of drug-likeness (QED) is 0.815. The van der Waals surface area contributed by atoms with Crippen molar-refractivity contribution in [1.29, 1.82) is 5.26 Å². The van der Waals surface area contributed by atoms with E-state index in [1.165, 1.54) is 0 Å². The second-order valence-electron chi connectivity index (χ2n) is 8.48. The van der Waals surface area contributed by atoms with Crippen LogP contribution in [0.15, 0.2) is 35.3 Å². The Morgan fingerprint density at radius 3 is 2.72 bits per heavy atom. The van der Waals surface area contributed by atoms with E-state index in [-0.39, 0.29) is 23.6 Å². The summed E-state index contributed by atoms with van der Waals surface area (Å²) in [6.07, 6.45) is 3.48. The van der Waals surface area contributed by atoms with Gasteiger partial charge in [-0.25, -0.2) is 4.98 Å². The van der Waals surface area contributed by atoms with Crippen molar-refractivity contribution in [1.82, 2.24) is 9.55 Å². The van der Waals surface area contributed by atoms with Crippen molar-refractivity contribution in [2.45, 2.75) is 46.2 Å². The van der Waals surface area contributed by atoms with E-state index in [0.29, 0.717) is 23.6 Å². The van der Waals surface area contributed by atoms with Crippen molar-refractivity contribution in [3.63, 3.8) is 0 Å². The first-order valence-corrected chi connectivity index (χ1v) is 9.90. The molecule has 2 N–H and O–H groups in total. The van der Waals surface area contributed by atoms with Crippen LogP contribution in [0, 0.1) is 28.6 Å². The van der Waals surface area contributed by atoms with Gasteiger partial charge in [-0.2, -0.15) is 5.26 Å². The van der Waals surface area contributed by atoms with Gasteiger partial charge in [-0.05, 0) is 45.2 Å². The molecule has 2 aromatic rings. The van der Waals surface area contributed by atoms with Crippen LogP contribution < -0.4 is 16.2 Å². The molecule has 0 spiro atoms. The van der Waals surface area contributed by atoms with E-state index in [2.05, 4.69) is 27.8 Å². The number of hydrogen-bond donors (Lipinski definition) is 1. The van der Waals surface area contributed by atoms with Crippen LogP contribution in [0.25, 0.3) is 0 Å². The minimum Gasteiger partial charge on any atom is -0.341 e. The Labute approximate surface area is 172 Å². The highest BCUT2D eigenvalue weighted by Gasteiger charge is 2.22. The zero-order chi connectivity index (χ0) is 21.0. The first-order valence-electron chi connectivity index (χ1n) is 9.90. The molecule has 0 aliphatic carbocycles. The third-order valence-electron chi connectivity index (χ3n) is 4.81.